The number of carbonyl (C=O) groups excluding carboxylic acids is 2. The van der Waals surface area contributed by atoms with Crippen LogP contribution in [0.4, 0.5) is 16.2 Å². The number of methoxy groups -OCH3 is 1. The molecule has 1 saturated carbocycles. The van der Waals surface area contributed by atoms with Crippen molar-refractivity contribution in [2.24, 2.45) is 5.41 Å². The van der Waals surface area contributed by atoms with Crippen molar-refractivity contribution in [3.05, 3.63) is 23.8 Å². The summed E-state index contributed by atoms with van der Waals surface area (Å²) < 4.78 is 10.3. The number of hydrogen-bond acceptors (Lipinski definition) is 6. The molecule has 142 valence electrons. The highest BCUT2D eigenvalue weighted by molar-refractivity contribution is 5.92. The number of esters is 1. The summed E-state index contributed by atoms with van der Waals surface area (Å²) >= 11 is 0. The largest absolute Gasteiger partial charge is 0.465 e. The van der Waals surface area contributed by atoms with E-state index in [9.17, 15) is 9.59 Å². The van der Waals surface area contributed by atoms with Gasteiger partial charge < -0.3 is 25.4 Å². The molecule has 1 aliphatic carbocycles. The van der Waals surface area contributed by atoms with Crippen molar-refractivity contribution in [2.75, 3.05) is 31.2 Å². The summed E-state index contributed by atoms with van der Waals surface area (Å²) in [6, 6.07) is 5.11. The minimum Gasteiger partial charge on any atom is -0.465 e. The summed E-state index contributed by atoms with van der Waals surface area (Å²) in [6.45, 7) is 6.82. The van der Waals surface area contributed by atoms with Gasteiger partial charge in [0.2, 0.25) is 0 Å². The summed E-state index contributed by atoms with van der Waals surface area (Å²) in [5.41, 5.74) is 7.31. The smallest absolute Gasteiger partial charge is 0.410 e. The summed E-state index contributed by atoms with van der Waals surface area (Å²) in [4.78, 5) is 25.9. The van der Waals surface area contributed by atoms with E-state index in [4.69, 9.17) is 15.2 Å². The van der Waals surface area contributed by atoms with Gasteiger partial charge in [0.1, 0.15) is 5.60 Å². The van der Waals surface area contributed by atoms with Crippen molar-refractivity contribution in [1.82, 2.24) is 4.90 Å². The van der Waals surface area contributed by atoms with Crippen LogP contribution in [-0.4, -0.2) is 48.8 Å². The maximum Gasteiger partial charge on any atom is 0.410 e. The van der Waals surface area contributed by atoms with Crippen LogP contribution in [0.5, 0.6) is 0 Å². The van der Waals surface area contributed by atoms with E-state index in [1.54, 1.807) is 23.1 Å². The molecule has 3 N–H and O–H groups in total. The number of likely N-dealkylation sites (tertiary alicyclic amines) is 1. The summed E-state index contributed by atoms with van der Waals surface area (Å²) in [5, 5.41) is 3.45. The molecule has 7 heteroatoms. The fourth-order valence-corrected chi connectivity index (χ4v) is 3.41. The molecule has 2 aliphatic rings. The van der Waals surface area contributed by atoms with Gasteiger partial charge in [-0.2, -0.15) is 0 Å². The van der Waals surface area contributed by atoms with Crippen molar-refractivity contribution in [2.45, 2.75) is 45.3 Å². The Labute approximate surface area is 153 Å². The maximum absolute atomic E-state index is 12.4. The number of nitrogens with one attached hydrogen (secondary N) is 1. The molecule has 1 spiro atoms. The number of hydrogen-bond donors (Lipinski definition) is 2. The number of carbonyl (C=O) groups is 2. The zero-order valence-electron chi connectivity index (χ0n) is 15.8. The van der Waals surface area contributed by atoms with Crippen LogP contribution >= 0.6 is 0 Å². The Balaban J connectivity index is 1.74. The van der Waals surface area contributed by atoms with Crippen LogP contribution in [0.15, 0.2) is 18.2 Å². The van der Waals surface area contributed by atoms with E-state index in [0.717, 1.165) is 12.8 Å². The third kappa shape index (κ3) is 3.71. The first kappa shape index (κ1) is 18.4. The van der Waals surface area contributed by atoms with Gasteiger partial charge in [-0.15, -0.1) is 0 Å². The van der Waals surface area contributed by atoms with Crippen molar-refractivity contribution >= 4 is 23.4 Å². The van der Waals surface area contributed by atoms with Crippen molar-refractivity contribution in [3.8, 4) is 0 Å². The zero-order valence-corrected chi connectivity index (χ0v) is 15.8. The molecule has 1 aromatic rings. The fourth-order valence-electron chi connectivity index (χ4n) is 3.41. The van der Waals surface area contributed by atoms with Gasteiger partial charge >= 0.3 is 12.1 Å². The second kappa shape index (κ2) is 6.37. The second-order valence-corrected chi connectivity index (χ2v) is 8.21. The number of nitrogens with two attached hydrogens (primary N) is 1. The first-order chi connectivity index (χ1) is 12.1. The molecule has 0 unspecified atom stereocenters. The third-order valence-corrected chi connectivity index (χ3v) is 5.00. The highest BCUT2D eigenvalue weighted by Crippen LogP contribution is 2.54. The van der Waals surface area contributed by atoms with Gasteiger partial charge in [0, 0.05) is 18.5 Å². The fraction of sp³-hybridized carbons (Fsp3) is 0.579. The molecule has 1 aliphatic heterocycles. The van der Waals surface area contributed by atoms with E-state index < -0.39 is 11.6 Å². The molecule has 0 bridgehead atoms. The van der Waals surface area contributed by atoms with Crippen LogP contribution in [0, 0.1) is 5.41 Å². The molecule has 7 nitrogen and oxygen atoms in total. The number of nitrogens with zero attached hydrogens (tertiary/aromatic N) is 1. The summed E-state index contributed by atoms with van der Waals surface area (Å²) in [5.74, 6) is -0.406. The summed E-state index contributed by atoms with van der Waals surface area (Å²) in [7, 11) is 1.35. The van der Waals surface area contributed by atoms with Crippen LogP contribution in [-0.2, 0) is 9.47 Å². The van der Waals surface area contributed by atoms with E-state index >= 15 is 0 Å². The lowest BCUT2D eigenvalue weighted by molar-refractivity contribution is 0.0285. The second-order valence-electron chi connectivity index (χ2n) is 8.21. The molecule has 1 heterocycles. The first-order valence-corrected chi connectivity index (χ1v) is 8.86. The molecule has 0 aromatic heterocycles. The van der Waals surface area contributed by atoms with E-state index in [0.29, 0.717) is 30.0 Å². The van der Waals surface area contributed by atoms with Gasteiger partial charge in [0.05, 0.1) is 30.1 Å². The maximum atomic E-state index is 12.4. The van der Waals surface area contributed by atoms with Gasteiger partial charge in [-0.25, -0.2) is 9.59 Å². The number of amides is 1. The number of rotatable bonds is 3. The molecule has 3 rings (SSSR count). The zero-order chi connectivity index (χ0) is 19.1. The van der Waals surface area contributed by atoms with Gasteiger partial charge in [-0.3, -0.25) is 0 Å². The topological polar surface area (TPSA) is 93.9 Å². The SMILES string of the molecule is COC(=O)c1ccc(N)c(N[C@@H]2CN(C(=O)OC(C)(C)C)CC23CC3)c1. The standard InChI is InChI=1S/C19H27N3O4/c1-18(2,3)26-17(24)22-10-15(19(11-22)7-8-19)21-14-9-12(16(23)25-4)5-6-13(14)20/h5-6,9,15,21H,7-8,10-11,20H2,1-4H3/t15-/m1/s1. The van der Waals surface area contributed by atoms with Crippen LogP contribution < -0.4 is 11.1 Å². The third-order valence-electron chi connectivity index (χ3n) is 5.00. The van der Waals surface area contributed by atoms with Crippen LogP contribution in [0.3, 0.4) is 0 Å². The predicted molar refractivity (Wildman–Crippen MR) is 99.1 cm³/mol. The van der Waals surface area contributed by atoms with Gasteiger partial charge in [-0.05, 0) is 51.8 Å². The Hall–Kier alpha value is -2.44. The number of nitrogen functional groups attached to an aromatic ring is 1. The minimum absolute atomic E-state index is 0.0601. The van der Waals surface area contributed by atoms with Gasteiger partial charge in [-0.1, -0.05) is 0 Å². The van der Waals surface area contributed by atoms with Crippen molar-refractivity contribution < 1.29 is 19.1 Å². The summed E-state index contributed by atoms with van der Waals surface area (Å²) in [6.07, 6.45) is 1.82. The molecule has 1 saturated heterocycles. The molecule has 1 atom stereocenters. The monoisotopic (exact) mass is 361 g/mol. The highest BCUT2D eigenvalue weighted by Gasteiger charge is 2.56. The molecule has 1 aromatic carbocycles. The normalized spacial score (nSPS) is 20.8. The highest BCUT2D eigenvalue weighted by atomic mass is 16.6. The Morgan fingerprint density at radius 1 is 1.31 bits per heavy atom. The molecule has 26 heavy (non-hydrogen) atoms. The lowest BCUT2D eigenvalue weighted by atomic mass is 10.00. The molecule has 0 radical (unpaired) electrons. The number of ether oxygens (including phenoxy) is 2. The number of benzene rings is 1. The van der Waals surface area contributed by atoms with Gasteiger partial charge in [0.25, 0.3) is 0 Å². The van der Waals surface area contributed by atoms with Crippen LogP contribution in [0.25, 0.3) is 0 Å². The predicted octanol–water partition coefficient (Wildman–Crippen LogP) is 2.87. The first-order valence-electron chi connectivity index (χ1n) is 8.86. The Kier molecular flexibility index (Phi) is 4.50. The Bertz CT molecular complexity index is 722. The van der Waals surface area contributed by atoms with E-state index in [-0.39, 0.29) is 17.6 Å². The average Bonchev–Trinajstić information content (AvgIpc) is 3.24. The van der Waals surface area contributed by atoms with Crippen LogP contribution in [0.2, 0.25) is 0 Å². The average molecular weight is 361 g/mol. The van der Waals surface area contributed by atoms with E-state index in [1.807, 2.05) is 20.8 Å². The van der Waals surface area contributed by atoms with Crippen LogP contribution in [0.1, 0.15) is 44.0 Å². The molecular weight excluding hydrogens is 334 g/mol. The Morgan fingerprint density at radius 2 is 2.00 bits per heavy atom. The lowest BCUT2D eigenvalue weighted by Gasteiger charge is -2.24. The van der Waals surface area contributed by atoms with E-state index in [2.05, 4.69) is 5.32 Å². The van der Waals surface area contributed by atoms with Crippen molar-refractivity contribution in [3.63, 3.8) is 0 Å². The lowest BCUT2D eigenvalue weighted by Crippen LogP contribution is -2.36. The molecular formula is C19H27N3O4. The minimum atomic E-state index is -0.515. The Morgan fingerprint density at radius 3 is 2.58 bits per heavy atom. The quantitative estimate of drug-likeness (QED) is 0.635. The van der Waals surface area contributed by atoms with Crippen molar-refractivity contribution in [1.29, 1.82) is 0 Å². The number of anilines is 2. The molecule has 1 amide bonds. The van der Waals surface area contributed by atoms with E-state index in [1.165, 1.54) is 7.11 Å². The van der Waals surface area contributed by atoms with Gasteiger partial charge in [0.15, 0.2) is 0 Å². The molecule has 2 fully saturated rings.